The van der Waals surface area contributed by atoms with Gasteiger partial charge < -0.3 is 9.32 Å². The number of benzene rings is 8. The summed E-state index contributed by atoms with van der Waals surface area (Å²) < 4.78 is 6.26. The highest BCUT2D eigenvalue weighted by Crippen LogP contribution is 2.42. The summed E-state index contributed by atoms with van der Waals surface area (Å²) in [5, 5.41) is 18.2. The highest BCUT2D eigenvalue weighted by molar-refractivity contribution is 6.55. The van der Waals surface area contributed by atoms with Crippen molar-refractivity contribution in [1.82, 2.24) is 0 Å². The third-order valence-electron chi connectivity index (χ3n) is 10.3. The molecular weight excluding hydrogens is 673 g/mol. The Morgan fingerprint density at radius 2 is 1.13 bits per heavy atom. The largest absolute Gasteiger partial charge is 0.456 e. The van der Waals surface area contributed by atoms with Gasteiger partial charge in [-0.1, -0.05) is 127 Å². The van der Waals surface area contributed by atoms with Crippen LogP contribution >= 0.6 is 0 Å². The Hall–Kier alpha value is -7.50. The summed E-state index contributed by atoms with van der Waals surface area (Å²) >= 11 is 0. The van der Waals surface area contributed by atoms with Gasteiger partial charge in [0, 0.05) is 33.4 Å². The molecule has 0 saturated carbocycles. The number of furan rings is 1. The zero-order chi connectivity index (χ0) is 36.7. The summed E-state index contributed by atoms with van der Waals surface area (Å²) in [4.78, 5) is 2.31. The van der Waals surface area contributed by atoms with Crippen molar-refractivity contribution in [2.24, 2.45) is 5.10 Å². The van der Waals surface area contributed by atoms with Crippen molar-refractivity contribution in [3.63, 3.8) is 0 Å². The fourth-order valence-electron chi connectivity index (χ4n) is 7.71. The Morgan fingerprint density at radius 3 is 1.96 bits per heavy atom. The van der Waals surface area contributed by atoms with E-state index in [1.54, 1.807) is 0 Å². The number of fused-ring (bicyclic) bond motifs is 6. The Morgan fingerprint density at radius 1 is 0.491 bits per heavy atom. The second-order valence-corrected chi connectivity index (χ2v) is 13.7. The van der Waals surface area contributed by atoms with E-state index in [2.05, 4.69) is 155 Å². The fourth-order valence-corrected chi connectivity index (χ4v) is 7.71. The average molecular weight is 707 g/mol. The predicted molar refractivity (Wildman–Crippen MR) is 230 cm³/mol. The second-order valence-electron chi connectivity index (χ2n) is 13.7. The highest BCUT2D eigenvalue weighted by atomic mass is 16.3. The van der Waals surface area contributed by atoms with Crippen LogP contribution in [0.3, 0.4) is 0 Å². The molecule has 0 amide bonds. The molecule has 9 aromatic rings. The molecule has 0 fully saturated rings. The molecule has 0 unspecified atom stereocenters. The number of hydrazone groups is 1. The van der Waals surface area contributed by atoms with Crippen molar-refractivity contribution in [3.05, 3.63) is 199 Å². The number of hydrogen-bond acceptors (Lipinski definition) is 5. The smallest absolute Gasteiger partial charge is 0.135 e. The van der Waals surface area contributed by atoms with E-state index in [9.17, 15) is 5.41 Å². The van der Waals surface area contributed by atoms with E-state index in [0.29, 0.717) is 11.4 Å². The third-order valence-corrected chi connectivity index (χ3v) is 10.3. The van der Waals surface area contributed by atoms with Crippen molar-refractivity contribution in [1.29, 1.82) is 5.41 Å². The lowest BCUT2D eigenvalue weighted by Crippen LogP contribution is -2.19. The van der Waals surface area contributed by atoms with Crippen LogP contribution in [-0.2, 0) is 0 Å². The maximum atomic E-state index is 9.40. The molecule has 0 saturated heterocycles. The van der Waals surface area contributed by atoms with Crippen LogP contribution in [0.15, 0.2) is 198 Å². The average Bonchev–Trinajstić information content (AvgIpc) is 3.62. The van der Waals surface area contributed by atoms with E-state index in [0.717, 1.165) is 77.7 Å². The van der Waals surface area contributed by atoms with Gasteiger partial charge in [0.1, 0.15) is 16.9 Å². The zero-order valence-electron chi connectivity index (χ0n) is 29.8. The topological polar surface area (TPSA) is 64.6 Å². The number of para-hydroxylation sites is 2. The van der Waals surface area contributed by atoms with E-state index in [1.807, 2.05) is 54.6 Å². The molecule has 0 bridgehead atoms. The molecule has 2 N–H and O–H groups in total. The van der Waals surface area contributed by atoms with Crippen LogP contribution in [0, 0.1) is 5.41 Å². The van der Waals surface area contributed by atoms with Gasteiger partial charge in [-0.05, 0) is 105 Å². The minimum Gasteiger partial charge on any atom is -0.456 e. The van der Waals surface area contributed by atoms with Crippen LogP contribution in [0.5, 0.6) is 0 Å². The second kappa shape index (κ2) is 13.5. The van der Waals surface area contributed by atoms with Gasteiger partial charge in [0.15, 0.2) is 0 Å². The van der Waals surface area contributed by atoms with Crippen molar-refractivity contribution < 1.29 is 4.42 Å². The first-order valence-electron chi connectivity index (χ1n) is 18.4. The number of rotatable bonds is 7. The molecule has 1 heterocycles. The number of nitrogens with zero attached hydrogens (tertiary/aromatic N) is 2. The molecule has 1 aliphatic rings. The summed E-state index contributed by atoms with van der Waals surface area (Å²) in [6, 6.07) is 63.1. The van der Waals surface area contributed by atoms with Crippen LogP contribution < -0.4 is 10.3 Å². The molecule has 8 aromatic carbocycles. The van der Waals surface area contributed by atoms with Gasteiger partial charge in [0.25, 0.3) is 0 Å². The quantitative estimate of drug-likeness (QED) is 0.162. The van der Waals surface area contributed by atoms with E-state index >= 15 is 0 Å². The molecule has 0 atom stereocenters. The zero-order valence-corrected chi connectivity index (χ0v) is 29.8. The predicted octanol–water partition coefficient (Wildman–Crippen LogP) is 13.4. The molecule has 0 aliphatic heterocycles. The maximum Gasteiger partial charge on any atom is 0.135 e. The molecule has 1 aromatic heterocycles. The maximum absolute atomic E-state index is 9.40. The van der Waals surface area contributed by atoms with Crippen LogP contribution in [0.4, 0.5) is 22.7 Å². The Bertz CT molecular complexity index is 2980. The molecule has 5 nitrogen and oxygen atoms in total. The van der Waals surface area contributed by atoms with Gasteiger partial charge in [0.2, 0.25) is 0 Å². The lowest BCUT2D eigenvalue weighted by molar-refractivity contribution is 0.669. The number of nitrogens with one attached hydrogen (secondary N) is 2. The number of anilines is 4. The summed E-state index contributed by atoms with van der Waals surface area (Å²) in [6.45, 7) is 0. The molecular formula is C50H34N4O. The van der Waals surface area contributed by atoms with Gasteiger partial charge in [-0.25, -0.2) is 0 Å². The lowest BCUT2D eigenvalue weighted by Gasteiger charge is -2.27. The molecule has 260 valence electrons. The molecule has 10 rings (SSSR count). The fraction of sp³-hybridized carbons (Fsp3) is 0. The molecule has 0 radical (unpaired) electrons. The third kappa shape index (κ3) is 5.85. The van der Waals surface area contributed by atoms with Gasteiger partial charge >= 0.3 is 0 Å². The van der Waals surface area contributed by atoms with E-state index in [4.69, 9.17) is 4.42 Å². The molecule has 0 spiro atoms. The number of hydrogen-bond donors (Lipinski definition) is 2. The first-order valence-corrected chi connectivity index (χ1v) is 18.4. The molecule has 55 heavy (non-hydrogen) atoms. The molecule has 5 heteroatoms. The summed E-state index contributed by atoms with van der Waals surface area (Å²) in [5.41, 5.74) is 16.1. The first-order chi connectivity index (χ1) is 27.2. The van der Waals surface area contributed by atoms with Crippen LogP contribution in [0.25, 0.3) is 61.0 Å². The lowest BCUT2D eigenvalue weighted by atomic mass is 9.89. The summed E-state index contributed by atoms with van der Waals surface area (Å²) in [5.74, 6) is 0. The van der Waals surface area contributed by atoms with Gasteiger partial charge in [-0.2, -0.15) is 5.10 Å². The van der Waals surface area contributed by atoms with Crippen molar-refractivity contribution in [3.8, 4) is 22.3 Å². The van der Waals surface area contributed by atoms with Crippen LogP contribution in [0.1, 0.15) is 11.1 Å². The summed E-state index contributed by atoms with van der Waals surface area (Å²) in [6.07, 6.45) is 3.96. The van der Waals surface area contributed by atoms with E-state index in [-0.39, 0.29) is 0 Å². The van der Waals surface area contributed by atoms with E-state index < -0.39 is 0 Å². The van der Waals surface area contributed by atoms with Crippen LogP contribution in [-0.4, -0.2) is 11.4 Å². The SMILES string of the molecule is N=C1/C(=N\Nc2ccccc2)C=Cc2ccc3ccc(N(c4cccc(-c5ccccc5-c5ccccc5)c4)c4ccc5oc6ccccc6c5c4)cc3c21. The number of allylic oxidation sites excluding steroid dienone is 1. The highest BCUT2D eigenvalue weighted by Gasteiger charge is 2.22. The van der Waals surface area contributed by atoms with Crippen molar-refractivity contribution >= 4 is 73.0 Å². The Kier molecular flexibility index (Phi) is 7.89. The summed E-state index contributed by atoms with van der Waals surface area (Å²) in [7, 11) is 0. The van der Waals surface area contributed by atoms with Gasteiger partial charge in [-0.3, -0.25) is 10.8 Å². The Labute approximate surface area is 318 Å². The minimum atomic E-state index is 0.376. The normalized spacial score (nSPS) is 13.1. The van der Waals surface area contributed by atoms with Crippen molar-refractivity contribution in [2.45, 2.75) is 0 Å². The van der Waals surface area contributed by atoms with Crippen LogP contribution in [0.2, 0.25) is 0 Å². The monoisotopic (exact) mass is 706 g/mol. The van der Waals surface area contributed by atoms with Crippen molar-refractivity contribution in [2.75, 3.05) is 10.3 Å². The van der Waals surface area contributed by atoms with E-state index in [1.165, 1.54) is 11.1 Å². The van der Waals surface area contributed by atoms with Gasteiger partial charge in [0.05, 0.1) is 11.4 Å². The minimum absolute atomic E-state index is 0.376. The van der Waals surface area contributed by atoms with Gasteiger partial charge in [-0.15, -0.1) is 0 Å². The first kappa shape index (κ1) is 32.2. The standard InChI is InChI=1S/C50H34N4O/c51-50-46(53-52-37-15-5-2-6-16-37)28-25-35-23-22-34-24-26-39(31-44(34)49(35)50)54(40-27-29-48-45(32-40)43-20-9-10-21-47(43)55-48)38-17-11-14-36(30-38)42-19-8-7-18-41(42)33-12-3-1-4-13-33/h1-32,51-52H/b51-50?,53-46-. The Balaban J connectivity index is 1.14. The molecule has 1 aliphatic carbocycles.